The summed E-state index contributed by atoms with van der Waals surface area (Å²) in [6.45, 7) is 0. The molecule has 1 heterocycles. The van der Waals surface area contributed by atoms with Crippen molar-refractivity contribution in [2.45, 2.75) is 12.5 Å². The number of benzene rings is 2. The van der Waals surface area contributed by atoms with Crippen LogP contribution in [0.2, 0.25) is 6.04 Å². The van der Waals surface area contributed by atoms with E-state index in [9.17, 15) is 0 Å². The lowest BCUT2D eigenvalue weighted by molar-refractivity contribution is 1.23. The third-order valence-corrected chi connectivity index (χ3v) is 8.99. The summed E-state index contributed by atoms with van der Waals surface area (Å²) in [5, 5.41) is 2.72. The van der Waals surface area contributed by atoms with Crippen LogP contribution in [0.3, 0.4) is 0 Å². The quantitative estimate of drug-likeness (QED) is 0.569. The molecule has 0 unspecified atom stereocenters. The Labute approximate surface area is 114 Å². The summed E-state index contributed by atoms with van der Waals surface area (Å²) < 4.78 is 0. The van der Waals surface area contributed by atoms with E-state index in [-0.39, 0.29) is 0 Å². The number of hydrogen-bond acceptors (Lipinski definition) is 0. The van der Waals surface area contributed by atoms with Crippen LogP contribution in [0.15, 0.2) is 66.7 Å². The standard InChI is InChI=1S/C16H15ClSi/c17-18(15-10-5-2-6-11-15)13-7-12-16(18)14-8-3-1-4-9-14/h1-6,8-12H,7,13H2/t18-/m1/s1. The van der Waals surface area contributed by atoms with E-state index < -0.39 is 7.38 Å². The molecule has 0 saturated carbocycles. The smallest absolute Gasteiger partial charge is 0.155 e. The van der Waals surface area contributed by atoms with Crippen molar-refractivity contribution in [3.63, 3.8) is 0 Å². The minimum absolute atomic E-state index is 1.11. The predicted molar refractivity (Wildman–Crippen MR) is 81.5 cm³/mol. The SMILES string of the molecule is Cl[Si@@]1(c2ccccc2)CCC=C1c1ccccc1. The first kappa shape index (κ1) is 11.8. The van der Waals surface area contributed by atoms with Crippen molar-refractivity contribution in [1.29, 1.82) is 0 Å². The zero-order valence-electron chi connectivity index (χ0n) is 10.1. The third kappa shape index (κ3) is 1.94. The maximum absolute atomic E-state index is 7.07. The highest BCUT2D eigenvalue weighted by Gasteiger charge is 2.40. The van der Waals surface area contributed by atoms with Crippen molar-refractivity contribution in [1.82, 2.24) is 0 Å². The molecule has 0 N–H and O–H groups in total. The molecule has 0 nitrogen and oxygen atoms in total. The summed E-state index contributed by atoms with van der Waals surface area (Å²) >= 11 is 7.07. The fourth-order valence-electron chi connectivity index (χ4n) is 2.68. The van der Waals surface area contributed by atoms with Crippen molar-refractivity contribution >= 4 is 28.8 Å². The van der Waals surface area contributed by atoms with E-state index in [1.54, 1.807) is 0 Å². The van der Waals surface area contributed by atoms with Crippen molar-refractivity contribution in [3.05, 3.63) is 72.3 Å². The number of hydrogen-bond donors (Lipinski definition) is 0. The van der Waals surface area contributed by atoms with E-state index in [0.29, 0.717) is 0 Å². The van der Waals surface area contributed by atoms with Gasteiger partial charge in [0.05, 0.1) is 0 Å². The molecular weight excluding hydrogens is 256 g/mol. The Morgan fingerprint density at radius 3 is 2.11 bits per heavy atom. The van der Waals surface area contributed by atoms with E-state index in [4.69, 9.17) is 11.1 Å². The second-order valence-electron chi connectivity index (χ2n) is 4.69. The Hall–Kier alpha value is -1.31. The molecule has 0 amide bonds. The van der Waals surface area contributed by atoms with Crippen LogP contribution in [0.25, 0.3) is 5.20 Å². The maximum Gasteiger partial charge on any atom is 0.217 e. The van der Waals surface area contributed by atoms with Crippen LogP contribution >= 0.6 is 11.1 Å². The first-order chi connectivity index (χ1) is 8.81. The van der Waals surface area contributed by atoms with Gasteiger partial charge in [0.1, 0.15) is 0 Å². The average Bonchev–Trinajstić information content (AvgIpc) is 2.84. The summed E-state index contributed by atoms with van der Waals surface area (Å²) in [4.78, 5) is 0. The molecule has 0 fully saturated rings. The molecule has 1 aliphatic rings. The van der Waals surface area contributed by atoms with Crippen LogP contribution in [0, 0.1) is 0 Å². The van der Waals surface area contributed by atoms with Gasteiger partial charge in [0.25, 0.3) is 0 Å². The lowest BCUT2D eigenvalue weighted by Gasteiger charge is -2.23. The van der Waals surface area contributed by atoms with E-state index in [1.807, 2.05) is 0 Å². The van der Waals surface area contributed by atoms with Crippen LogP contribution in [-0.4, -0.2) is 7.38 Å². The highest BCUT2D eigenvalue weighted by molar-refractivity contribution is 7.37. The molecule has 3 rings (SSSR count). The lowest BCUT2D eigenvalue weighted by Crippen LogP contribution is -2.41. The molecule has 0 spiro atoms. The van der Waals surface area contributed by atoms with Crippen LogP contribution in [0.4, 0.5) is 0 Å². The molecule has 0 aromatic heterocycles. The lowest BCUT2D eigenvalue weighted by atomic mass is 10.2. The average molecular weight is 271 g/mol. The Kier molecular flexibility index (Phi) is 3.10. The molecule has 0 aliphatic carbocycles. The molecule has 2 aromatic rings. The second kappa shape index (κ2) is 4.75. The number of rotatable bonds is 2. The van der Waals surface area contributed by atoms with Gasteiger partial charge in [-0.15, -0.1) is 0 Å². The largest absolute Gasteiger partial charge is 0.217 e. The van der Waals surface area contributed by atoms with Crippen LogP contribution in [-0.2, 0) is 0 Å². The predicted octanol–water partition coefficient (Wildman–Crippen LogP) is 4.10. The molecule has 1 atom stereocenters. The zero-order chi connectivity index (χ0) is 12.4. The maximum atomic E-state index is 7.07. The van der Waals surface area contributed by atoms with Crippen molar-refractivity contribution < 1.29 is 0 Å². The van der Waals surface area contributed by atoms with Crippen molar-refractivity contribution in [3.8, 4) is 0 Å². The Morgan fingerprint density at radius 2 is 1.44 bits per heavy atom. The van der Waals surface area contributed by atoms with Gasteiger partial charge in [-0.2, -0.15) is 11.1 Å². The second-order valence-corrected chi connectivity index (χ2v) is 9.84. The van der Waals surface area contributed by atoms with Gasteiger partial charge in [0, 0.05) is 0 Å². The van der Waals surface area contributed by atoms with Gasteiger partial charge in [-0.1, -0.05) is 66.7 Å². The summed E-state index contributed by atoms with van der Waals surface area (Å²) in [6.07, 6.45) is 3.44. The molecular formula is C16H15ClSi. The van der Waals surface area contributed by atoms with Crippen LogP contribution in [0.5, 0.6) is 0 Å². The zero-order valence-corrected chi connectivity index (χ0v) is 11.9. The summed E-state index contributed by atoms with van der Waals surface area (Å²) in [5.41, 5.74) is 1.29. The first-order valence-electron chi connectivity index (χ1n) is 6.31. The van der Waals surface area contributed by atoms with Gasteiger partial charge < -0.3 is 0 Å². The molecule has 1 aliphatic heterocycles. The minimum atomic E-state index is -2.00. The van der Waals surface area contributed by atoms with Crippen molar-refractivity contribution in [2.24, 2.45) is 0 Å². The van der Waals surface area contributed by atoms with E-state index in [2.05, 4.69) is 66.7 Å². The van der Waals surface area contributed by atoms with E-state index in [1.165, 1.54) is 15.9 Å². The summed E-state index contributed by atoms with van der Waals surface area (Å²) in [6, 6.07) is 22.3. The van der Waals surface area contributed by atoms with E-state index >= 15 is 0 Å². The summed E-state index contributed by atoms with van der Waals surface area (Å²) in [7, 11) is -2.00. The Bertz CT molecular complexity index is 562. The highest BCUT2D eigenvalue weighted by Crippen LogP contribution is 2.38. The molecule has 90 valence electrons. The van der Waals surface area contributed by atoms with Gasteiger partial charge in [0.15, 0.2) is 0 Å². The molecule has 0 radical (unpaired) electrons. The molecule has 2 aromatic carbocycles. The molecule has 0 saturated heterocycles. The minimum Gasteiger partial charge on any atom is -0.155 e. The molecule has 18 heavy (non-hydrogen) atoms. The first-order valence-corrected chi connectivity index (χ1v) is 9.53. The summed E-state index contributed by atoms with van der Waals surface area (Å²) in [5.74, 6) is 0. The van der Waals surface area contributed by atoms with Gasteiger partial charge in [-0.25, -0.2) is 0 Å². The van der Waals surface area contributed by atoms with Gasteiger partial charge in [-0.3, -0.25) is 0 Å². The van der Waals surface area contributed by atoms with Crippen LogP contribution in [0.1, 0.15) is 12.0 Å². The molecule has 2 heteroatoms. The van der Waals surface area contributed by atoms with E-state index in [0.717, 1.165) is 12.5 Å². The van der Waals surface area contributed by atoms with Gasteiger partial charge in [0.2, 0.25) is 7.38 Å². The number of allylic oxidation sites excluding steroid dienone is 1. The van der Waals surface area contributed by atoms with Gasteiger partial charge in [-0.05, 0) is 28.4 Å². The highest BCUT2D eigenvalue weighted by atomic mass is 35.6. The molecule has 0 bridgehead atoms. The number of halogens is 1. The topological polar surface area (TPSA) is 0 Å². The third-order valence-electron chi connectivity index (χ3n) is 3.58. The fraction of sp³-hybridized carbons (Fsp3) is 0.125. The fourth-order valence-corrected chi connectivity index (χ4v) is 7.17. The van der Waals surface area contributed by atoms with Gasteiger partial charge >= 0.3 is 0 Å². The monoisotopic (exact) mass is 270 g/mol. The normalized spacial score (nSPS) is 22.8. The Morgan fingerprint density at radius 1 is 0.833 bits per heavy atom. The Balaban J connectivity index is 2.06. The van der Waals surface area contributed by atoms with Crippen LogP contribution < -0.4 is 5.19 Å². The van der Waals surface area contributed by atoms with Crippen molar-refractivity contribution in [2.75, 3.05) is 0 Å².